The quantitative estimate of drug-likeness (QED) is 0.725. The van der Waals surface area contributed by atoms with Crippen LogP contribution < -0.4 is 10.6 Å². The molecule has 3 heteroatoms. The lowest BCUT2D eigenvalue weighted by Gasteiger charge is -2.00. The first-order valence-corrected chi connectivity index (χ1v) is 5.14. The average molecular weight is 223 g/mol. The van der Waals surface area contributed by atoms with Gasteiger partial charge in [-0.3, -0.25) is 0 Å². The summed E-state index contributed by atoms with van der Waals surface area (Å²) >= 11 is 5.79. The van der Waals surface area contributed by atoms with E-state index < -0.39 is 0 Å². The third-order valence-corrected chi connectivity index (χ3v) is 2.13. The zero-order valence-electron chi connectivity index (χ0n) is 9.56. The first kappa shape index (κ1) is 11.9. The first-order chi connectivity index (χ1) is 6.91. The fourth-order valence-electron chi connectivity index (χ4n) is 1.43. The van der Waals surface area contributed by atoms with Crippen LogP contribution in [0.3, 0.4) is 0 Å². The molecule has 1 aromatic heterocycles. The highest BCUT2D eigenvalue weighted by Crippen LogP contribution is 1.97. The lowest BCUT2D eigenvalue weighted by Crippen LogP contribution is -2.34. The van der Waals surface area contributed by atoms with Crippen LogP contribution in [0.1, 0.15) is 25.4 Å². The molecular formula is C12H15ClN2. The van der Waals surface area contributed by atoms with Crippen molar-refractivity contribution in [3.05, 3.63) is 33.7 Å². The molecule has 15 heavy (non-hydrogen) atoms. The summed E-state index contributed by atoms with van der Waals surface area (Å²) in [7, 11) is 0. The molecule has 0 saturated carbocycles. The predicted octanol–water partition coefficient (Wildman–Crippen LogP) is 1.82. The molecule has 0 aliphatic heterocycles. The van der Waals surface area contributed by atoms with E-state index in [1.54, 1.807) is 6.08 Å². The molecule has 0 radical (unpaired) electrons. The van der Waals surface area contributed by atoms with E-state index in [4.69, 9.17) is 11.6 Å². The Morgan fingerprint density at radius 1 is 1.27 bits per heavy atom. The number of halogens is 1. The van der Waals surface area contributed by atoms with E-state index in [2.05, 4.69) is 16.5 Å². The Kier molecular flexibility index (Phi) is 3.64. The minimum Gasteiger partial charge on any atom is -0.238 e. The minimum atomic E-state index is 0.494. The summed E-state index contributed by atoms with van der Waals surface area (Å²) in [6.07, 6.45) is 1.80. The average Bonchev–Trinajstić information content (AvgIpc) is 2.08. The molecule has 0 amide bonds. The standard InChI is InChI=1S/C12H15ClN2/c1-7(2)12-11(6-8(3)13)9(4)14-10(5)15-12/h6H,3H2,1-2,4-5H3/b11-6-. The Bertz CT molecular complexity index is 511. The van der Waals surface area contributed by atoms with Gasteiger partial charge < -0.3 is 0 Å². The van der Waals surface area contributed by atoms with Gasteiger partial charge in [-0.1, -0.05) is 18.2 Å². The van der Waals surface area contributed by atoms with Crippen LogP contribution in [0.2, 0.25) is 0 Å². The summed E-state index contributed by atoms with van der Waals surface area (Å²) in [5, 5.41) is 2.40. The Balaban J connectivity index is 3.80. The van der Waals surface area contributed by atoms with Gasteiger partial charge in [-0.15, -0.1) is 0 Å². The van der Waals surface area contributed by atoms with E-state index >= 15 is 0 Å². The summed E-state index contributed by atoms with van der Waals surface area (Å²) in [4.78, 5) is 8.72. The van der Waals surface area contributed by atoms with Gasteiger partial charge in [0.2, 0.25) is 0 Å². The number of allylic oxidation sites excluding steroid dienone is 1. The van der Waals surface area contributed by atoms with Gasteiger partial charge in [-0.2, -0.15) is 0 Å². The molecular weight excluding hydrogens is 208 g/mol. The van der Waals surface area contributed by atoms with Gasteiger partial charge in [-0.05, 0) is 39.3 Å². The smallest absolute Gasteiger partial charge is 0.126 e. The molecule has 0 aromatic carbocycles. The number of aryl methyl sites for hydroxylation is 2. The van der Waals surface area contributed by atoms with E-state index in [1.807, 2.05) is 27.7 Å². The van der Waals surface area contributed by atoms with E-state index in [0.717, 1.165) is 27.7 Å². The Morgan fingerprint density at radius 3 is 2.33 bits per heavy atom. The van der Waals surface area contributed by atoms with Crippen molar-refractivity contribution in [3.8, 4) is 0 Å². The van der Waals surface area contributed by atoms with Crippen LogP contribution in [-0.2, 0) is 0 Å². The minimum absolute atomic E-state index is 0.494. The second-order valence-electron chi connectivity index (χ2n) is 3.71. The van der Waals surface area contributed by atoms with Crippen molar-refractivity contribution in [2.24, 2.45) is 0 Å². The Hall–Kier alpha value is -1.15. The molecule has 0 N–H and O–H groups in total. The molecule has 1 rings (SSSR count). The summed E-state index contributed by atoms with van der Waals surface area (Å²) in [6.45, 7) is 11.5. The Morgan fingerprint density at radius 2 is 1.87 bits per heavy atom. The molecule has 0 spiro atoms. The molecule has 0 bridgehead atoms. The van der Waals surface area contributed by atoms with Gasteiger partial charge in [0, 0.05) is 15.9 Å². The van der Waals surface area contributed by atoms with Crippen molar-refractivity contribution < 1.29 is 0 Å². The van der Waals surface area contributed by atoms with Crippen molar-refractivity contribution in [2.45, 2.75) is 27.7 Å². The van der Waals surface area contributed by atoms with Crippen molar-refractivity contribution in [2.75, 3.05) is 0 Å². The van der Waals surface area contributed by atoms with Crippen LogP contribution in [0.15, 0.2) is 11.6 Å². The zero-order chi connectivity index (χ0) is 11.6. The maximum absolute atomic E-state index is 5.79. The van der Waals surface area contributed by atoms with Gasteiger partial charge in [0.15, 0.2) is 0 Å². The fraction of sp³-hybridized carbons (Fsp3) is 0.333. The summed E-state index contributed by atoms with van der Waals surface area (Å²) in [5.74, 6) is 0.779. The molecule has 0 atom stereocenters. The van der Waals surface area contributed by atoms with E-state index in [0.29, 0.717) is 5.03 Å². The molecule has 1 aromatic rings. The highest BCUT2D eigenvalue weighted by Gasteiger charge is 1.98. The molecule has 0 aliphatic carbocycles. The van der Waals surface area contributed by atoms with Crippen molar-refractivity contribution in [1.29, 1.82) is 0 Å². The normalized spacial score (nSPS) is 11.7. The van der Waals surface area contributed by atoms with Gasteiger partial charge in [0.25, 0.3) is 0 Å². The number of hydrogen-bond acceptors (Lipinski definition) is 2. The summed E-state index contributed by atoms with van der Waals surface area (Å²) < 4.78 is 0. The predicted molar refractivity (Wildman–Crippen MR) is 65.0 cm³/mol. The summed E-state index contributed by atoms with van der Waals surface area (Å²) in [6, 6.07) is 0. The largest absolute Gasteiger partial charge is 0.238 e. The van der Waals surface area contributed by atoms with Crippen molar-refractivity contribution in [3.63, 3.8) is 0 Å². The molecule has 0 fully saturated rings. The van der Waals surface area contributed by atoms with Gasteiger partial charge in [0.05, 0.1) is 5.35 Å². The van der Waals surface area contributed by atoms with Crippen LogP contribution in [0.4, 0.5) is 0 Å². The van der Waals surface area contributed by atoms with Gasteiger partial charge in [-0.25, -0.2) is 9.97 Å². The zero-order valence-corrected chi connectivity index (χ0v) is 10.3. The molecule has 0 aliphatic rings. The second-order valence-corrected chi connectivity index (χ2v) is 4.20. The summed E-state index contributed by atoms with van der Waals surface area (Å²) in [5.41, 5.74) is 2.08. The maximum atomic E-state index is 5.79. The van der Waals surface area contributed by atoms with Crippen LogP contribution in [0.5, 0.6) is 0 Å². The van der Waals surface area contributed by atoms with Gasteiger partial charge in [0.1, 0.15) is 5.82 Å². The van der Waals surface area contributed by atoms with Crippen LogP contribution >= 0.6 is 11.6 Å². The highest BCUT2D eigenvalue weighted by atomic mass is 35.5. The van der Waals surface area contributed by atoms with Crippen LogP contribution in [-0.4, -0.2) is 9.97 Å². The second kappa shape index (κ2) is 4.58. The van der Waals surface area contributed by atoms with Gasteiger partial charge >= 0.3 is 0 Å². The highest BCUT2D eigenvalue weighted by molar-refractivity contribution is 6.33. The molecule has 0 saturated heterocycles. The third-order valence-electron chi connectivity index (χ3n) is 2.02. The Labute approximate surface area is 95.0 Å². The molecule has 2 nitrogen and oxygen atoms in total. The maximum Gasteiger partial charge on any atom is 0.126 e. The molecule has 1 heterocycles. The number of nitrogens with zero attached hydrogens (tertiary/aromatic N) is 2. The lowest BCUT2D eigenvalue weighted by molar-refractivity contribution is 0.960. The molecule has 80 valence electrons. The number of hydrogen-bond donors (Lipinski definition) is 0. The lowest BCUT2D eigenvalue weighted by atomic mass is 10.2. The topological polar surface area (TPSA) is 25.8 Å². The number of rotatable bonds is 1. The first-order valence-electron chi connectivity index (χ1n) is 4.76. The van der Waals surface area contributed by atoms with Crippen molar-refractivity contribution >= 4 is 23.3 Å². The van der Waals surface area contributed by atoms with E-state index in [1.165, 1.54) is 0 Å². The SMILES string of the molecule is C=C(Cl)/C=c1/c(C)nc(C)nc1=C(C)C. The number of aromatic nitrogens is 2. The van der Waals surface area contributed by atoms with Crippen LogP contribution in [0.25, 0.3) is 11.6 Å². The fourth-order valence-corrected chi connectivity index (χ4v) is 1.54. The van der Waals surface area contributed by atoms with E-state index in [9.17, 15) is 0 Å². The third kappa shape index (κ3) is 2.90. The molecule has 0 unspecified atom stereocenters. The van der Waals surface area contributed by atoms with Crippen molar-refractivity contribution in [1.82, 2.24) is 9.97 Å². The van der Waals surface area contributed by atoms with E-state index in [-0.39, 0.29) is 0 Å². The van der Waals surface area contributed by atoms with Crippen LogP contribution in [0, 0.1) is 13.8 Å². The monoisotopic (exact) mass is 222 g/mol.